The lowest BCUT2D eigenvalue weighted by atomic mass is 9.78. The molecule has 0 fully saturated rings. The summed E-state index contributed by atoms with van der Waals surface area (Å²) in [5.74, 6) is -0.370. The van der Waals surface area contributed by atoms with Crippen LogP contribution in [0.15, 0.2) is 36.4 Å². The lowest BCUT2D eigenvalue weighted by Gasteiger charge is -2.19. The van der Waals surface area contributed by atoms with Crippen LogP contribution in [-0.2, 0) is 10.3 Å². The van der Waals surface area contributed by atoms with Gasteiger partial charge in [-0.3, -0.25) is 4.79 Å². The molecule has 1 heterocycles. The van der Waals surface area contributed by atoms with E-state index in [4.69, 9.17) is 27.9 Å². The first kappa shape index (κ1) is 16.3. The van der Waals surface area contributed by atoms with Crippen molar-refractivity contribution in [3.63, 3.8) is 0 Å². The molecular formula is C16H14BCl2NO3. The first-order chi connectivity index (χ1) is 10.8. The van der Waals surface area contributed by atoms with E-state index in [0.717, 1.165) is 5.56 Å². The maximum Gasteiger partial charge on any atom is 0.492 e. The van der Waals surface area contributed by atoms with Gasteiger partial charge in [0.25, 0.3) is 5.91 Å². The first-order valence-corrected chi connectivity index (χ1v) is 7.81. The molecule has 1 aliphatic rings. The Morgan fingerprint density at radius 3 is 2.74 bits per heavy atom. The second-order valence-corrected chi connectivity index (χ2v) is 6.62. The molecule has 0 aliphatic carbocycles. The Morgan fingerprint density at radius 1 is 1.26 bits per heavy atom. The van der Waals surface area contributed by atoms with Gasteiger partial charge in [-0.05, 0) is 49.1 Å². The van der Waals surface area contributed by atoms with Crippen LogP contribution in [0.4, 0.5) is 5.69 Å². The largest absolute Gasteiger partial charge is 0.492 e. The Morgan fingerprint density at radius 2 is 2.00 bits per heavy atom. The number of anilines is 1. The van der Waals surface area contributed by atoms with E-state index < -0.39 is 12.7 Å². The summed E-state index contributed by atoms with van der Waals surface area (Å²) in [6.07, 6.45) is 0. The van der Waals surface area contributed by atoms with E-state index in [-0.39, 0.29) is 16.5 Å². The summed E-state index contributed by atoms with van der Waals surface area (Å²) in [6, 6.07) is 10.2. The van der Waals surface area contributed by atoms with Crippen LogP contribution in [0.25, 0.3) is 0 Å². The fourth-order valence-corrected chi connectivity index (χ4v) is 3.06. The number of rotatable bonds is 2. The highest BCUT2D eigenvalue weighted by atomic mass is 35.5. The van der Waals surface area contributed by atoms with Crippen molar-refractivity contribution in [3.05, 3.63) is 57.6 Å². The molecule has 0 spiro atoms. The monoisotopic (exact) mass is 349 g/mol. The number of fused-ring (bicyclic) bond motifs is 1. The van der Waals surface area contributed by atoms with Crippen LogP contribution in [0, 0.1) is 0 Å². The smallest absolute Gasteiger partial charge is 0.423 e. The van der Waals surface area contributed by atoms with Crippen LogP contribution < -0.4 is 10.8 Å². The van der Waals surface area contributed by atoms with Gasteiger partial charge in [0.1, 0.15) is 0 Å². The van der Waals surface area contributed by atoms with E-state index in [1.165, 1.54) is 0 Å². The van der Waals surface area contributed by atoms with Crippen LogP contribution in [0.5, 0.6) is 0 Å². The molecule has 118 valence electrons. The van der Waals surface area contributed by atoms with Crippen LogP contribution in [-0.4, -0.2) is 18.0 Å². The van der Waals surface area contributed by atoms with Gasteiger partial charge in [-0.2, -0.15) is 0 Å². The lowest BCUT2D eigenvalue weighted by molar-refractivity contribution is 0.101. The highest BCUT2D eigenvalue weighted by Crippen LogP contribution is 2.31. The van der Waals surface area contributed by atoms with Crippen molar-refractivity contribution in [1.82, 2.24) is 0 Å². The average Bonchev–Trinajstić information content (AvgIpc) is 2.71. The maximum absolute atomic E-state index is 12.3. The van der Waals surface area contributed by atoms with Gasteiger partial charge >= 0.3 is 7.12 Å². The second-order valence-electron chi connectivity index (χ2n) is 5.84. The molecule has 0 unspecified atom stereocenters. The number of hydrogen-bond acceptors (Lipinski definition) is 3. The molecule has 0 atom stereocenters. The number of benzene rings is 2. The molecule has 1 amide bonds. The highest BCUT2D eigenvalue weighted by molar-refractivity contribution is 6.62. The Kier molecular flexibility index (Phi) is 4.15. The molecular weight excluding hydrogens is 336 g/mol. The van der Waals surface area contributed by atoms with Crippen molar-refractivity contribution in [2.45, 2.75) is 19.4 Å². The third-order valence-electron chi connectivity index (χ3n) is 3.83. The molecule has 0 radical (unpaired) electrons. The molecule has 7 heteroatoms. The normalized spacial score (nSPS) is 15.4. The summed E-state index contributed by atoms with van der Waals surface area (Å²) >= 11 is 12.0. The van der Waals surface area contributed by atoms with Crippen LogP contribution in [0.3, 0.4) is 0 Å². The Labute approximate surface area is 144 Å². The standard InChI is InChI=1S/C16H14BCl2NO3/c1-16(2)11-7-6-9(8-12(11)17(22)23-16)20-15(21)10-4-3-5-13(18)14(10)19/h3-8,22H,1-2H3,(H,20,21). The van der Waals surface area contributed by atoms with Gasteiger partial charge in [-0.15, -0.1) is 0 Å². The fourth-order valence-electron chi connectivity index (χ4n) is 2.68. The summed E-state index contributed by atoms with van der Waals surface area (Å²) in [5, 5.41) is 13.3. The Bertz CT molecular complexity index is 795. The minimum atomic E-state index is -1.01. The quantitative estimate of drug-likeness (QED) is 0.818. The van der Waals surface area contributed by atoms with E-state index in [1.54, 1.807) is 30.3 Å². The zero-order valence-electron chi connectivity index (χ0n) is 12.6. The summed E-state index contributed by atoms with van der Waals surface area (Å²) in [5.41, 5.74) is 1.81. The van der Waals surface area contributed by atoms with Crippen molar-refractivity contribution in [1.29, 1.82) is 0 Å². The van der Waals surface area contributed by atoms with Crippen molar-refractivity contribution < 1.29 is 14.5 Å². The molecule has 3 rings (SSSR count). The van der Waals surface area contributed by atoms with Gasteiger partial charge in [-0.25, -0.2) is 0 Å². The molecule has 2 N–H and O–H groups in total. The maximum atomic E-state index is 12.3. The lowest BCUT2D eigenvalue weighted by Crippen LogP contribution is -2.29. The van der Waals surface area contributed by atoms with E-state index >= 15 is 0 Å². The molecule has 0 saturated heterocycles. The number of hydrogen-bond donors (Lipinski definition) is 2. The predicted molar refractivity (Wildman–Crippen MR) is 92.6 cm³/mol. The first-order valence-electron chi connectivity index (χ1n) is 7.05. The molecule has 4 nitrogen and oxygen atoms in total. The van der Waals surface area contributed by atoms with Gasteiger partial charge in [0, 0.05) is 5.69 Å². The molecule has 1 aliphatic heterocycles. The Hall–Kier alpha value is -1.53. The fraction of sp³-hybridized carbons (Fsp3) is 0.188. The van der Waals surface area contributed by atoms with Crippen LogP contribution >= 0.6 is 23.2 Å². The summed E-state index contributed by atoms with van der Waals surface area (Å²) in [6.45, 7) is 3.76. The minimum absolute atomic E-state index is 0.206. The predicted octanol–water partition coefficient (Wildman–Crippen LogP) is 3.20. The number of carbonyl (C=O) groups excluding carboxylic acids is 1. The number of halogens is 2. The third-order valence-corrected chi connectivity index (χ3v) is 4.65. The average molecular weight is 350 g/mol. The molecule has 0 aromatic heterocycles. The topological polar surface area (TPSA) is 58.6 Å². The second kappa shape index (κ2) is 5.84. The van der Waals surface area contributed by atoms with Gasteiger partial charge in [0.15, 0.2) is 0 Å². The SMILES string of the molecule is CC1(C)OB(O)c2cc(NC(=O)c3cccc(Cl)c3Cl)ccc21. The van der Waals surface area contributed by atoms with Gasteiger partial charge < -0.3 is 15.0 Å². The Balaban J connectivity index is 1.89. The van der Waals surface area contributed by atoms with Gasteiger partial charge in [0.2, 0.25) is 0 Å². The van der Waals surface area contributed by atoms with E-state index in [0.29, 0.717) is 16.2 Å². The highest BCUT2D eigenvalue weighted by Gasteiger charge is 2.40. The van der Waals surface area contributed by atoms with Gasteiger partial charge in [-0.1, -0.05) is 35.3 Å². The van der Waals surface area contributed by atoms with E-state index in [9.17, 15) is 9.82 Å². The molecule has 2 aromatic rings. The van der Waals surface area contributed by atoms with Crippen molar-refractivity contribution in [3.8, 4) is 0 Å². The zero-order valence-corrected chi connectivity index (χ0v) is 14.1. The van der Waals surface area contributed by atoms with E-state index in [2.05, 4.69) is 5.32 Å². The number of nitrogens with one attached hydrogen (secondary N) is 1. The van der Waals surface area contributed by atoms with Crippen molar-refractivity contribution >= 4 is 47.4 Å². The molecule has 0 bridgehead atoms. The van der Waals surface area contributed by atoms with E-state index in [1.807, 2.05) is 19.9 Å². The number of carbonyl (C=O) groups is 1. The summed E-state index contributed by atoms with van der Waals surface area (Å²) in [7, 11) is -1.01. The summed E-state index contributed by atoms with van der Waals surface area (Å²) in [4.78, 5) is 12.3. The van der Waals surface area contributed by atoms with Crippen LogP contribution in [0.2, 0.25) is 10.0 Å². The molecule has 0 saturated carbocycles. The number of amides is 1. The van der Waals surface area contributed by atoms with Crippen molar-refractivity contribution in [2.24, 2.45) is 0 Å². The van der Waals surface area contributed by atoms with Crippen molar-refractivity contribution in [2.75, 3.05) is 5.32 Å². The van der Waals surface area contributed by atoms with Crippen LogP contribution in [0.1, 0.15) is 29.8 Å². The molecule has 2 aromatic carbocycles. The molecule has 23 heavy (non-hydrogen) atoms. The zero-order chi connectivity index (χ0) is 16.8. The summed E-state index contributed by atoms with van der Waals surface area (Å²) < 4.78 is 5.50. The minimum Gasteiger partial charge on any atom is -0.423 e. The third kappa shape index (κ3) is 2.97. The van der Waals surface area contributed by atoms with Gasteiger partial charge in [0.05, 0.1) is 21.2 Å².